The second-order valence-corrected chi connectivity index (χ2v) is 28.9. The molecule has 0 spiro atoms. The molecule has 0 fully saturated rings. The largest absolute Gasteiger partial charge is 0.415 e. The molecule has 0 saturated heterocycles. The van der Waals surface area contributed by atoms with Crippen molar-refractivity contribution in [1.29, 1.82) is 0 Å². The van der Waals surface area contributed by atoms with E-state index in [1.54, 1.807) is 13.3 Å². The summed E-state index contributed by atoms with van der Waals surface area (Å²) in [6.45, 7) is 26.7. The van der Waals surface area contributed by atoms with Gasteiger partial charge < -0.3 is 22.5 Å². The summed E-state index contributed by atoms with van der Waals surface area (Å²) < 4.78 is 26.0. The van der Waals surface area contributed by atoms with Crippen LogP contribution in [-0.4, -0.2) is 71.5 Å². The van der Waals surface area contributed by atoms with Crippen molar-refractivity contribution in [3.8, 4) is 0 Å². The topological polar surface area (TPSA) is 58.5 Å². The van der Waals surface area contributed by atoms with Gasteiger partial charge in [0, 0.05) is 0 Å². The van der Waals surface area contributed by atoms with Crippen LogP contribution in [0.1, 0.15) is 0 Å². The van der Waals surface area contributed by atoms with E-state index in [4.69, 9.17) is 22.5 Å². The van der Waals surface area contributed by atoms with Crippen LogP contribution in [-0.2, 0) is 22.5 Å². The van der Waals surface area contributed by atoms with Crippen molar-refractivity contribution in [2.24, 2.45) is 5.16 Å². The summed E-state index contributed by atoms with van der Waals surface area (Å²) in [5, 5.41) is 4.03. The summed E-state index contributed by atoms with van der Waals surface area (Å²) in [6.07, 6.45) is 0.873. The maximum absolute atomic E-state index is 6.64. The van der Waals surface area contributed by atoms with Gasteiger partial charge >= 0.3 is 0 Å². The molecule has 10 heteroatoms. The van der Waals surface area contributed by atoms with Crippen molar-refractivity contribution in [2.75, 3.05) is 13.7 Å². The number of oxime groups is 1. The van der Waals surface area contributed by atoms with Crippen LogP contribution in [0.15, 0.2) is 5.16 Å². The molecule has 6 nitrogen and oxygen atoms in total. The van der Waals surface area contributed by atoms with E-state index in [-0.39, 0.29) is 18.3 Å². The highest BCUT2D eigenvalue weighted by atomic mass is 28.4. The summed E-state index contributed by atoms with van der Waals surface area (Å²) in [5.74, 6) is 0. The number of nitrogens with zero attached hydrogens (tertiary/aromatic N) is 1. The summed E-state index contributed by atoms with van der Waals surface area (Å²) in [4.78, 5) is 4.97. The molecular weight excluding hydrogens is 423 g/mol. The Hall–Kier alpha value is 0.178. The fourth-order valence-electron chi connectivity index (χ4n) is 2.46. The zero-order valence-electron chi connectivity index (χ0n) is 20.5. The van der Waals surface area contributed by atoms with E-state index >= 15 is 0 Å². The third kappa shape index (κ3) is 15.1. The number of hydrogen-bond acceptors (Lipinski definition) is 6. The van der Waals surface area contributed by atoms with Crippen LogP contribution in [0.25, 0.3) is 0 Å². The second-order valence-electron chi connectivity index (χ2n) is 11.0. The average Bonchev–Trinajstić information content (AvgIpc) is 2.41. The Labute approximate surface area is 177 Å². The van der Waals surface area contributed by atoms with Crippen molar-refractivity contribution >= 4 is 39.5 Å². The minimum absolute atomic E-state index is 0.213. The van der Waals surface area contributed by atoms with E-state index in [9.17, 15) is 0 Å². The quantitative estimate of drug-likeness (QED) is 0.213. The van der Waals surface area contributed by atoms with Gasteiger partial charge in [0.05, 0.1) is 18.9 Å². The Bertz CT molecular complexity index is 478. The lowest BCUT2D eigenvalue weighted by atomic mass is 10.1. The molecule has 0 aromatic rings. The maximum atomic E-state index is 6.64. The first kappa shape index (κ1) is 28.2. The molecule has 0 aliphatic heterocycles. The minimum atomic E-state index is -1.89. The van der Waals surface area contributed by atoms with Crippen molar-refractivity contribution in [2.45, 2.75) is 96.9 Å². The summed E-state index contributed by atoms with van der Waals surface area (Å²) in [5.41, 5.74) is 0. The van der Waals surface area contributed by atoms with Gasteiger partial charge in [-0.25, -0.2) is 0 Å². The van der Waals surface area contributed by atoms with Gasteiger partial charge in [0.1, 0.15) is 19.3 Å². The SMILES string of the molecule is CO/N=C\[C@H](O[Si](C)(C)C)[C@@H](O[Si](C)(C)C)[C@@H](CO[Si](C)(C)C)O[Si](C)(C)C. The molecule has 168 valence electrons. The molecule has 0 aromatic heterocycles. The van der Waals surface area contributed by atoms with Crippen LogP contribution in [0.4, 0.5) is 0 Å². The first-order valence-electron chi connectivity index (χ1n) is 10.1. The van der Waals surface area contributed by atoms with Crippen LogP contribution >= 0.6 is 0 Å². The van der Waals surface area contributed by atoms with E-state index < -0.39 is 33.3 Å². The Balaban J connectivity index is 6.01. The highest BCUT2D eigenvalue weighted by Gasteiger charge is 2.40. The van der Waals surface area contributed by atoms with E-state index in [2.05, 4.69) is 83.7 Å². The normalized spacial score (nSPS) is 17.6. The Kier molecular flexibility index (Phi) is 11.1. The third-order valence-corrected chi connectivity index (χ3v) is 7.17. The lowest BCUT2D eigenvalue weighted by molar-refractivity contribution is -0.0281. The van der Waals surface area contributed by atoms with Crippen molar-refractivity contribution in [1.82, 2.24) is 0 Å². The molecule has 0 amide bonds. The maximum Gasteiger partial charge on any atom is 0.184 e. The average molecular weight is 468 g/mol. The monoisotopic (exact) mass is 467 g/mol. The molecule has 28 heavy (non-hydrogen) atoms. The van der Waals surface area contributed by atoms with Gasteiger partial charge in [0.2, 0.25) is 0 Å². The van der Waals surface area contributed by atoms with Crippen LogP contribution in [0, 0.1) is 0 Å². The Morgan fingerprint density at radius 2 is 1.14 bits per heavy atom. The van der Waals surface area contributed by atoms with Crippen molar-refractivity contribution < 1.29 is 22.5 Å². The third-order valence-electron chi connectivity index (χ3n) is 3.17. The summed E-state index contributed by atoms with van der Waals surface area (Å²) in [7, 11) is -5.75. The van der Waals surface area contributed by atoms with Crippen LogP contribution in [0.3, 0.4) is 0 Å². The van der Waals surface area contributed by atoms with Gasteiger partial charge in [0.15, 0.2) is 33.3 Å². The Morgan fingerprint density at radius 1 is 0.679 bits per heavy atom. The standard InChI is InChI=1S/C18H45NO5Si4/c1-20-19-14-16(22-26(5,6)7)18(24-28(11,12)13)17(23-27(8,9)10)15-21-25(2,3)4/h14,16-18H,15H2,1-13H3/b19-14-/t16-,17+,18+/m0/s1. The zero-order chi connectivity index (χ0) is 22.4. The molecule has 3 atom stereocenters. The molecule has 0 saturated carbocycles. The minimum Gasteiger partial charge on any atom is -0.415 e. The van der Waals surface area contributed by atoms with Crippen LogP contribution < -0.4 is 0 Å². The molecule has 0 unspecified atom stereocenters. The molecule has 0 radical (unpaired) electrons. The van der Waals surface area contributed by atoms with Gasteiger partial charge in [-0.2, -0.15) is 0 Å². The predicted molar refractivity (Wildman–Crippen MR) is 129 cm³/mol. The van der Waals surface area contributed by atoms with Crippen molar-refractivity contribution in [3.05, 3.63) is 0 Å². The predicted octanol–water partition coefficient (Wildman–Crippen LogP) is 5.13. The fraction of sp³-hybridized carbons (Fsp3) is 0.944. The number of hydrogen-bond donors (Lipinski definition) is 0. The highest BCUT2D eigenvalue weighted by molar-refractivity contribution is 6.71. The molecule has 0 N–H and O–H groups in total. The lowest BCUT2D eigenvalue weighted by Crippen LogP contribution is -2.55. The van der Waals surface area contributed by atoms with Gasteiger partial charge in [-0.05, 0) is 78.6 Å². The smallest absolute Gasteiger partial charge is 0.184 e. The lowest BCUT2D eigenvalue weighted by Gasteiger charge is -2.41. The van der Waals surface area contributed by atoms with E-state index in [0.29, 0.717) is 6.61 Å². The fourth-order valence-corrected chi connectivity index (χ4v) is 6.34. The molecule has 0 aliphatic rings. The first-order valence-corrected chi connectivity index (χ1v) is 23.7. The van der Waals surface area contributed by atoms with Crippen LogP contribution in [0.2, 0.25) is 78.6 Å². The Morgan fingerprint density at radius 3 is 1.50 bits per heavy atom. The zero-order valence-corrected chi connectivity index (χ0v) is 24.5. The van der Waals surface area contributed by atoms with Crippen molar-refractivity contribution in [3.63, 3.8) is 0 Å². The highest BCUT2D eigenvalue weighted by Crippen LogP contribution is 2.24. The van der Waals surface area contributed by atoms with Gasteiger partial charge in [-0.1, -0.05) is 5.16 Å². The molecule has 0 aliphatic carbocycles. The van der Waals surface area contributed by atoms with E-state index in [1.165, 1.54) is 0 Å². The molecule has 0 aromatic carbocycles. The molecule has 0 bridgehead atoms. The van der Waals surface area contributed by atoms with E-state index in [0.717, 1.165) is 0 Å². The number of rotatable bonds is 13. The molecule has 0 rings (SSSR count). The first-order chi connectivity index (χ1) is 12.3. The molecule has 0 heterocycles. The molecular formula is C18H45NO5Si4. The van der Waals surface area contributed by atoms with Gasteiger partial charge in [-0.3, -0.25) is 0 Å². The van der Waals surface area contributed by atoms with E-state index in [1.807, 2.05) is 0 Å². The summed E-state index contributed by atoms with van der Waals surface area (Å²) >= 11 is 0. The second kappa shape index (κ2) is 11.0. The summed E-state index contributed by atoms with van der Waals surface area (Å²) in [6, 6.07) is 0. The van der Waals surface area contributed by atoms with Crippen LogP contribution in [0.5, 0.6) is 0 Å². The van der Waals surface area contributed by atoms with Gasteiger partial charge in [-0.15, -0.1) is 0 Å². The van der Waals surface area contributed by atoms with Gasteiger partial charge in [0.25, 0.3) is 0 Å².